The maximum absolute atomic E-state index is 12.6. The molecule has 2 aliphatic heterocycles. The van der Waals surface area contributed by atoms with E-state index >= 15 is 0 Å². The number of carbonyl (C=O) groups is 2. The van der Waals surface area contributed by atoms with Crippen molar-refractivity contribution in [1.29, 1.82) is 0 Å². The fraction of sp³-hybridized carbons (Fsp3) is 0.333. The van der Waals surface area contributed by atoms with Gasteiger partial charge in [-0.15, -0.1) is 0 Å². The molecule has 1 fully saturated rings. The van der Waals surface area contributed by atoms with Gasteiger partial charge in [0, 0.05) is 31.6 Å². The second-order valence-electron chi connectivity index (χ2n) is 7.54. The van der Waals surface area contributed by atoms with E-state index in [1.165, 1.54) is 0 Å². The van der Waals surface area contributed by atoms with Crippen LogP contribution in [0.15, 0.2) is 54.6 Å². The molecule has 2 amide bonds. The number of carbonyl (C=O) groups excluding carboxylic acids is 2. The van der Waals surface area contributed by atoms with Crippen molar-refractivity contribution in [2.24, 2.45) is 5.92 Å². The van der Waals surface area contributed by atoms with E-state index in [1.807, 2.05) is 59.5 Å². The molecular weight excluding hydrogens is 380 g/mol. The molecule has 2 aliphatic rings. The van der Waals surface area contributed by atoms with Crippen LogP contribution >= 0.6 is 0 Å². The Labute approximate surface area is 176 Å². The van der Waals surface area contributed by atoms with Crippen LogP contribution in [0, 0.1) is 5.92 Å². The number of hydrogen-bond donors (Lipinski definition) is 1. The average Bonchev–Trinajstić information content (AvgIpc) is 2.81. The summed E-state index contributed by atoms with van der Waals surface area (Å²) in [5, 5.41) is 3.01. The van der Waals surface area contributed by atoms with Gasteiger partial charge in [-0.1, -0.05) is 36.4 Å². The lowest BCUT2D eigenvalue weighted by molar-refractivity contribution is -0.132. The van der Waals surface area contributed by atoms with Crippen molar-refractivity contribution < 1.29 is 19.1 Å². The molecule has 0 aromatic heterocycles. The van der Waals surface area contributed by atoms with E-state index in [0.717, 1.165) is 22.6 Å². The zero-order valence-corrected chi connectivity index (χ0v) is 16.9. The molecule has 6 heteroatoms. The lowest BCUT2D eigenvalue weighted by Crippen LogP contribution is -2.42. The molecule has 6 nitrogen and oxygen atoms in total. The van der Waals surface area contributed by atoms with Gasteiger partial charge in [0.15, 0.2) is 11.5 Å². The van der Waals surface area contributed by atoms with Crippen molar-refractivity contribution in [3.63, 3.8) is 0 Å². The fourth-order valence-electron chi connectivity index (χ4n) is 3.73. The van der Waals surface area contributed by atoms with Gasteiger partial charge in [-0.3, -0.25) is 9.59 Å². The molecule has 0 aliphatic carbocycles. The van der Waals surface area contributed by atoms with Crippen molar-refractivity contribution in [2.45, 2.75) is 19.4 Å². The first-order chi connectivity index (χ1) is 14.7. The number of amides is 2. The van der Waals surface area contributed by atoms with Crippen LogP contribution in [0.25, 0.3) is 6.08 Å². The van der Waals surface area contributed by atoms with E-state index in [4.69, 9.17) is 9.47 Å². The summed E-state index contributed by atoms with van der Waals surface area (Å²) in [5.41, 5.74) is 1.98. The Kier molecular flexibility index (Phi) is 6.32. The van der Waals surface area contributed by atoms with E-state index in [1.54, 1.807) is 6.08 Å². The van der Waals surface area contributed by atoms with Gasteiger partial charge in [0.25, 0.3) is 0 Å². The number of nitrogens with zero attached hydrogens (tertiary/aromatic N) is 1. The number of nitrogens with one attached hydrogen (secondary N) is 1. The van der Waals surface area contributed by atoms with Crippen LogP contribution in [-0.2, 0) is 16.1 Å². The van der Waals surface area contributed by atoms with Crippen LogP contribution in [0.3, 0.4) is 0 Å². The highest BCUT2D eigenvalue weighted by Crippen LogP contribution is 2.30. The maximum atomic E-state index is 12.6. The number of benzene rings is 2. The quantitative estimate of drug-likeness (QED) is 0.775. The van der Waals surface area contributed by atoms with Crippen LogP contribution < -0.4 is 14.8 Å². The van der Waals surface area contributed by atoms with Gasteiger partial charge in [-0.05, 0) is 42.2 Å². The third-order valence-electron chi connectivity index (χ3n) is 5.47. The molecule has 1 saturated heterocycles. The third kappa shape index (κ3) is 5.00. The molecular formula is C24H26N2O4. The Morgan fingerprint density at radius 3 is 2.50 bits per heavy atom. The van der Waals surface area contributed by atoms with Crippen molar-refractivity contribution in [1.82, 2.24) is 10.2 Å². The van der Waals surface area contributed by atoms with Gasteiger partial charge in [-0.25, -0.2) is 0 Å². The van der Waals surface area contributed by atoms with Crippen LogP contribution in [0.2, 0.25) is 0 Å². The van der Waals surface area contributed by atoms with Gasteiger partial charge in [0.1, 0.15) is 13.2 Å². The smallest absolute Gasteiger partial charge is 0.246 e. The van der Waals surface area contributed by atoms with Gasteiger partial charge in [0.2, 0.25) is 11.8 Å². The zero-order valence-electron chi connectivity index (χ0n) is 16.9. The summed E-state index contributed by atoms with van der Waals surface area (Å²) >= 11 is 0. The normalized spacial score (nSPS) is 16.5. The number of fused-ring (bicyclic) bond motifs is 1. The molecule has 1 N–H and O–H groups in total. The van der Waals surface area contributed by atoms with Gasteiger partial charge in [-0.2, -0.15) is 0 Å². The Hall–Kier alpha value is -3.28. The van der Waals surface area contributed by atoms with Crippen molar-refractivity contribution in [3.05, 3.63) is 65.7 Å². The molecule has 4 rings (SSSR count). The number of ether oxygens (including phenoxy) is 2. The Bertz CT molecular complexity index is 918. The Morgan fingerprint density at radius 2 is 1.73 bits per heavy atom. The number of piperidine rings is 1. The fourth-order valence-corrected chi connectivity index (χ4v) is 3.73. The molecule has 2 aromatic rings. The summed E-state index contributed by atoms with van der Waals surface area (Å²) in [7, 11) is 0. The van der Waals surface area contributed by atoms with Crippen molar-refractivity contribution in [3.8, 4) is 11.5 Å². The minimum Gasteiger partial charge on any atom is -0.486 e. The first kappa shape index (κ1) is 20.0. The number of hydrogen-bond acceptors (Lipinski definition) is 4. The topological polar surface area (TPSA) is 67.9 Å². The second-order valence-corrected chi connectivity index (χ2v) is 7.54. The largest absolute Gasteiger partial charge is 0.486 e. The molecule has 2 heterocycles. The molecule has 156 valence electrons. The summed E-state index contributed by atoms with van der Waals surface area (Å²) in [6, 6.07) is 15.5. The maximum Gasteiger partial charge on any atom is 0.246 e. The van der Waals surface area contributed by atoms with E-state index in [-0.39, 0.29) is 17.7 Å². The summed E-state index contributed by atoms with van der Waals surface area (Å²) in [6.07, 6.45) is 4.79. The minimum absolute atomic E-state index is 0.00557. The monoisotopic (exact) mass is 406 g/mol. The summed E-state index contributed by atoms with van der Waals surface area (Å²) in [5.74, 6) is 1.44. The molecule has 0 unspecified atom stereocenters. The van der Waals surface area contributed by atoms with E-state index in [9.17, 15) is 9.59 Å². The predicted molar refractivity (Wildman–Crippen MR) is 114 cm³/mol. The lowest BCUT2D eigenvalue weighted by atomic mass is 9.95. The van der Waals surface area contributed by atoms with Crippen LogP contribution in [-0.4, -0.2) is 43.0 Å². The van der Waals surface area contributed by atoms with E-state index < -0.39 is 0 Å². The van der Waals surface area contributed by atoms with E-state index in [0.29, 0.717) is 45.7 Å². The van der Waals surface area contributed by atoms with E-state index in [2.05, 4.69) is 5.32 Å². The summed E-state index contributed by atoms with van der Waals surface area (Å²) in [6.45, 7) is 2.75. The zero-order chi connectivity index (χ0) is 20.8. The number of rotatable bonds is 5. The van der Waals surface area contributed by atoms with Crippen LogP contribution in [0.1, 0.15) is 24.0 Å². The average molecular weight is 406 g/mol. The molecule has 0 atom stereocenters. The van der Waals surface area contributed by atoms with Crippen molar-refractivity contribution >= 4 is 17.9 Å². The molecule has 0 bridgehead atoms. The van der Waals surface area contributed by atoms with Gasteiger partial charge >= 0.3 is 0 Å². The van der Waals surface area contributed by atoms with Crippen molar-refractivity contribution in [2.75, 3.05) is 26.3 Å². The van der Waals surface area contributed by atoms with Gasteiger partial charge in [0.05, 0.1) is 0 Å². The molecule has 30 heavy (non-hydrogen) atoms. The first-order valence-electron chi connectivity index (χ1n) is 10.4. The Balaban J connectivity index is 1.23. The number of likely N-dealkylation sites (tertiary alicyclic amines) is 1. The standard InChI is InChI=1S/C24H26N2O4/c27-23(9-7-18-4-2-1-3-5-18)26-12-10-20(11-13-26)24(28)25-17-19-6-8-21-22(16-19)30-15-14-29-21/h1-9,16,20H,10-15,17H2,(H,25,28)/b9-7+. The van der Waals surface area contributed by atoms with Crippen LogP contribution in [0.5, 0.6) is 11.5 Å². The highest BCUT2D eigenvalue weighted by Gasteiger charge is 2.26. The third-order valence-corrected chi connectivity index (χ3v) is 5.47. The SMILES string of the molecule is O=C(NCc1ccc2c(c1)OCCO2)C1CCN(C(=O)/C=C/c2ccccc2)CC1. The molecule has 0 spiro atoms. The molecule has 0 radical (unpaired) electrons. The van der Waals surface area contributed by atoms with Crippen LogP contribution in [0.4, 0.5) is 0 Å². The summed E-state index contributed by atoms with van der Waals surface area (Å²) in [4.78, 5) is 26.8. The van der Waals surface area contributed by atoms with Gasteiger partial charge < -0.3 is 19.7 Å². The highest BCUT2D eigenvalue weighted by molar-refractivity contribution is 5.92. The Morgan fingerprint density at radius 1 is 1.00 bits per heavy atom. The molecule has 0 saturated carbocycles. The predicted octanol–water partition coefficient (Wildman–Crippen LogP) is 3.03. The molecule has 2 aromatic carbocycles. The second kappa shape index (κ2) is 9.48. The first-order valence-corrected chi connectivity index (χ1v) is 10.4. The lowest BCUT2D eigenvalue weighted by Gasteiger charge is -2.30. The minimum atomic E-state index is -0.0654. The highest BCUT2D eigenvalue weighted by atomic mass is 16.6. The summed E-state index contributed by atoms with van der Waals surface area (Å²) < 4.78 is 11.1.